The van der Waals surface area contributed by atoms with E-state index in [9.17, 15) is 39.6 Å². The first-order valence-electron chi connectivity index (χ1n) is 13.9. The zero-order chi connectivity index (χ0) is 31.7. The zero-order valence-corrected chi connectivity index (χ0v) is 23.8. The first kappa shape index (κ1) is 28.9. The number of rotatable bonds is 4. The number of carbonyl (C=O) groups excluding carboxylic acids is 4. The highest BCUT2D eigenvalue weighted by Crippen LogP contribution is 2.53. The normalized spacial score (nSPS) is 24.6. The largest absolute Gasteiger partial charge is 0.508 e. The molecule has 3 amide bonds. The third-order valence-corrected chi connectivity index (χ3v) is 8.88. The molecule has 6 rings (SSSR count). The molecule has 1 fully saturated rings. The van der Waals surface area contributed by atoms with E-state index in [1.54, 1.807) is 18.2 Å². The fourth-order valence-electron chi connectivity index (χ4n) is 6.93. The number of hydrogen-bond donors (Lipinski definition) is 7. The third-order valence-electron chi connectivity index (χ3n) is 8.88. The number of phenols is 1. The van der Waals surface area contributed by atoms with Crippen LogP contribution in [0.2, 0.25) is 0 Å². The number of Topliss-reactive ketones (excluding diaryl/α,β-unsaturated/α-hetero) is 2. The van der Waals surface area contributed by atoms with Crippen molar-refractivity contribution in [3.05, 3.63) is 82.6 Å². The Morgan fingerprint density at radius 1 is 0.955 bits per heavy atom. The SMILES string of the molecule is CN(C)[C@@H]1C(=O)C(C(N)=O)=C(O)[C@@]2(O)C(=O)C3=C(O)c4c(ccc(NC(=O)Nc5cccc6ccccc56)c4O)C[C@H]3C[C@@H]12. The number of aliphatic hydroxyl groups excluding tert-OH is 2. The van der Waals surface area contributed by atoms with Gasteiger partial charge in [0.2, 0.25) is 5.78 Å². The van der Waals surface area contributed by atoms with Gasteiger partial charge in [0.05, 0.1) is 23.0 Å². The molecule has 12 heteroatoms. The van der Waals surface area contributed by atoms with Crippen molar-refractivity contribution in [2.75, 3.05) is 24.7 Å². The Balaban J connectivity index is 1.37. The molecule has 226 valence electrons. The van der Waals surface area contributed by atoms with Gasteiger partial charge >= 0.3 is 6.03 Å². The van der Waals surface area contributed by atoms with Crippen LogP contribution in [0.3, 0.4) is 0 Å². The van der Waals surface area contributed by atoms with E-state index >= 15 is 0 Å². The van der Waals surface area contributed by atoms with Crippen LogP contribution in [0.15, 0.2) is 71.5 Å². The maximum atomic E-state index is 14.0. The van der Waals surface area contributed by atoms with Gasteiger partial charge in [-0.1, -0.05) is 42.5 Å². The van der Waals surface area contributed by atoms with Gasteiger partial charge in [-0.2, -0.15) is 0 Å². The van der Waals surface area contributed by atoms with Crippen LogP contribution < -0.4 is 16.4 Å². The van der Waals surface area contributed by atoms with Crippen molar-refractivity contribution in [1.82, 2.24) is 4.90 Å². The lowest BCUT2D eigenvalue weighted by atomic mass is 9.57. The molecule has 12 nitrogen and oxygen atoms in total. The molecule has 3 aromatic carbocycles. The van der Waals surface area contributed by atoms with Gasteiger partial charge in [-0.25, -0.2) is 4.79 Å². The van der Waals surface area contributed by atoms with Gasteiger partial charge in [-0.15, -0.1) is 0 Å². The lowest BCUT2D eigenvalue weighted by Crippen LogP contribution is -2.65. The number of carbonyl (C=O) groups is 4. The number of nitrogens with two attached hydrogens (primary N) is 1. The van der Waals surface area contributed by atoms with E-state index in [-0.39, 0.29) is 29.7 Å². The van der Waals surface area contributed by atoms with Crippen molar-refractivity contribution in [2.24, 2.45) is 17.6 Å². The first-order chi connectivity index (χ1) is 20.9. The van der Waals surface area contributed by atoms with Crippen molar-refractivity contribution >= 4 is 51.4 Å². The van der Waals surface area contributed by atoms with Gasteiger partial charge in [0.15, 0.2) is 11.4 Å². The van der Waals surface area contributed by atoms with Crippen molar-refractivity contribution in [3.8, 4) is 5.75 Å². The summed E-state index contributed by atoms with van der Waals surface area (Å²) in [5, 5.41) is 52.3. The summed E-state index contributed by atoms with van der Waals surface area (Å²) in [6.07, 6.45) is 0.130. The van der Waals surface area contributed by atoms with Gasteiger partial charge in [0, 0.05) is 16.9 Å². The lowest BCUT2D eigenvalue weighted by Gasteiger charge is -2.50. The summed E-state index contributed by atoms with van der Waals surface area (Å²) in [4.78, 5) is 53.7. The van der Waals surface area contributed by atoms with Crippen LogP contribution in [0.25, 0.3) is 16.5 Å². The minimum Gasteiger partial charge on any atom is -0.508 e. The topological polar surface area (TPSA) is 203 Å². The number of urea groups is 1. The fourth-order valence-corrected chi connectivity index (χ4v) is 6.93. The molecule has 8 N–H and O–H groups in total. The van der Waals surface area contributed by atoms with E-state index in [0.29, 0.717) is 11.3 Å². The number of aliphatic hydroxyl groups is 3. The standard InChI is InChI=1S/C32H30N4O8/c1-36(2)24-18-13-16-12-15-10-11-20(35-31(43)34-19-9-5-7-14-6-3-4-8-17(14)19)25(37)21(15)26(38)22(16)28(40)32(18,44)29(41)23(27(24)39)30(33)42/h3-11,16,18,24,37-38,41,44H,12-13H2,1-2H3,(H2,33,42)(H2,34,35,43)/t16-,18-,24-,32-/m0/s1. The molecule has 0 aromatic heterocycles. The summed E-state index contributed by atoms with van der Waals surface area (Å²) in [6, 6.07) is 14.1. The second-order valence-electron chi connectivity index (χ2n) is 11.6. The number of anilines is 2. The maximum Gasteiger partial charge on any atom is 0.323 e. The quantitative estimate of drug-likeness (QED) is 0.174. The Morgan fingerprint density at radius 3 is 2.34 bits per heavy atom. The summed E-state index contributed by atoms with van der Waals surface area (Å²) < 4.78 is 0. The third kappa shape index (κ3) is 4.13. The van der Waals surface area contributed by atoms with E-state index in [0.717, 1.165) is 10.8 Å². The summed E-state index contributed by atoms with van der Waals surface area (Å²) in [5.41, 5.74) is 2.31. The van der Waals surface area contributed by atoms with E-state index in [4.69, 9.17) is 5.73 Å². The molecular weight excluding hydrogens is 568 g/mol. The number of aromatic hydroxyl groups is 1. The number of nitrogens with one attached hydrogen (secondary N) is 2. The first-order valence-corrected chi connectivity index (χ1v) is 13.9. The molecular formula is C32H30N4O8. The number of likely N-dealkylation sites (N-methyl/N-ethyl adjacent to an activating group) is 1. The Kier molecular flexibility index (Phi) is 6.71. The number of primary amides is 1. The van der Waals surface area contributed by atoms with Gasteiger partial charge in [0.1, 0.15) is 22.8 Å². The molecule has 0 saturated heterocycles. The monoisotopic (exact) mass is 598 g/mol. The number of hydrogen-bond acceptors (Lipinski definition) is 9. The Labute approximate surface area is 251 Å². The Hall–Kier alpha value is -5.20. The molecule has 3 aliphatic carbocycles. The fraction of sp³-hybridized carbons (Fsp3) is 0.250. The molecule has 3 aromatic rings. The van der Waals surface area contributed by atoms with Crippen LogP contribution >= 0.6 is 0 Å². The highest BCUT2D eigenvalue weighted by Gasteiger charge is 2.64. The maximum absolute atomic E-state index is 14.0. The summed E-state index contributed by atoms with van der Waals surface area (Å²) in [7, 11) is 3.08. The van der Waals surface area contributed by atoms with Crippen molar-refractivity contribution in [1.29, 1.82) is 0 Å². The minimum atomic E-state index is -2.73. The summed E-state index contributed by atoms with van der Waals surface area (Å²) in [6.45, 7) is 0. The van der Waals surface area contributed by atoms with Crippen LogP contribution in [0.5, 0.6) is 5.75 Å². The molecule has 0 heterocycles. The average Bonchev–Trinajstić information content (AvgIpc) is 2.96. The molecule has 4 atom stereocenters. The second-order valence-corrected chi connectivity index (χ2v) is 11.6. The minimum absolute atomic E-state index is 0.0139. The number of ketones is 2. The number of amides is 3. The number of phenolic OH excluding ortho intramolecular Hbond substituents is 1. The van der Waals surface area contributed by atoms with Gasteiger partial charge in [-0.3, -0.25) is 19.3 Å². The van der Waals surface area contributed by atoms with E-state index in [2.05, 4.69) is 10.6 Å². The number of benzene rings is 3. The van der Waals surface area contributed by atoms with Crippen molar-refractivity contribution in [2.45, 2.75) is 24.5 Å². The van der Waals surface area contributed by atoms with Crippen molar-refractivity contribution < 1.29 is 39.6 Å². The highest BCUT2D eigenvalue weighted by atomic mass is 16.3. The van der Waals surface area contributed by atoms with Crippen LogP contribution in [-0.4, -0.2) is 74.6 Å². The molecule has 44 heavy (non-hydrogen) atoms. The Bertz CT molecular complexity index is 1860. The molecule has 3 aliphatic rings. The molecule has 0 radical (unpaired) electrons. The van der Waals surface area contributed by atoms with Crippen LogP contribution in [0.1, 0.15) is 17.5 Å². The van der Waals surface area contributed by atoms with Crippen LogP contribution in [-0.2, 0) is 20.8 Å². The van der Waals surface area contributed by atoms with Crippen LogP contribution in [0, 0.1) is 11.8 Å². The average molecular weight is 599 g/mol. The van der Waals surface area contributed by atoms with Gasteiger partial charge in [-0.05, 0) is 55.9 Å². The zero-order valence-electron chi connectivity index (χ0n) is 23.8. The second kappa shape index (κ2) is 10.2. The van der Waals surface area contributed by atoms with E-state index in [1.165, 1.54) is 25.1 Å². The van der Waals surface area contributed by atoms with Gasteiger partial charge in [0.25, 0.3) is 5.91 Å². The lowest BCUT2D eigenvalue weighted by molar-refractivity contribution is -0.153. The molecule has 0 bridgehead atoms. The highest BCUT2D eigenvalue weighted by molar-refractivity contribution is 6.24. The van der Waals surface area contributed by atoms with Crippen LogP contribution in [0.4, 0.5) is 16.2 Å². The van der Waals surface area contributed by atoms with E-state index in [1.807, 2.05) is 30.3 Å². The van der Waals surface area contributed by atoms with E-state index < -0.39 is 69.8 Å². The molecule has 0 unspecified atom stereocenters. The smallest absolute Gasteiger partial charge is 0.323 e. The predicted octanol–water partition coefficient (Wildman–Crippen LogP) is 2.76. The van der Waals surface area contributed by atoms with Crippen molar-refractivity contribution in [3.63, 3.8) is 0 Å². The van der Waals surface area contributed by atoms with Gasteiger partial charge < -0.3 is 36.8 Å². The number of nitrogens with zero attached hydrogens (tertiary/aromatic N) is 1. The number of fused-ring (bicyclic) bond motifs is 4. The Morgan fingerprint density at radius 2 is 1.64 bits per heavy atom. The summed E-state index contributed by atoms with van der Waals surface area (Å²) in [5.74, 6) is -7.38. The molecule has 0 spiro atoms. The predicted molar refractivity (Wildman–Crippen MR) is 161 cm³/mol. The summed E-state index contributed by atoms with van der Waals surface area (Å²) >= 11 is 0. The molecule has 1 saturated carbocycles. The molecule has 0 aliphatic heterocycles.